The number of hydrogen-bond donors (Lipinski definition) is 0. The van der Waals surface area contributed by atoms with Gasteiger partial charge in [-0.15, -0.1) is 0 Å². The highest BCUT2D eigenvalue weighted by Crippen LogP contribution is 2.45. The van der Waals surface area contributed by atoms with Gasteiger partial charge in [0.15, 0.2) is 0 Å². The van der Waals surface area contributed by atoms with Crippen LogP contribution in [-0.2, 0) is 10.3 Å². The van der Waals surface area contributed by atoms with Crippen molar-refractivity contribution in [3.8, 4) is 0 Å². The van der Waals surface area contributed by atoms with Crippen LogP contribution < -0.4 is 0 Å². The molecule has 2 fully saturated rings. The summed E-state index contributed by atoms with van der Waals surface area (Å²) < 4.78 is 5.83. The predicted molar refractivity (Wildman–Crippen MR) is 82.6 cm³/mol. The molecule has 0 N–H and O–H groups in total. The maximum absolute atomic E-state index is 5.83. The van der Waals surface area contributed by atoms with Crippen LogP contribution in [0.5, 0.6) is 0 Å². The maximum Gasteiger partial charge on any atom is 0.110 e. The highest BCUT2D eigenvalue weighted by atomic mass is 16.5. The molecule has 0 aromatic heterocycles. The second kappa shape index (κ2) is 6.28. The quantitative estimate of drug-likeness (QED) is 0.814. The molecule has 1 atom stereocenters. The van der Waals surface area contributed by atoms with Gasteiger partial charge >= 0.3 is 0 Å². The molecule has 0 bridgehead atoms. The van der Waals surface area contributed by atoms with Crippen molar-refractivity contribution < 1.29 is 4.74 Å². The largest absolute Gasteiger partial charge is 0.366 e. The second-order valence-corrected chi connectivity index (χ2v) is 6.34. The van der Waals surface area contributed by atoms with E-state index in [0.717, 1.165) is 0 Å². The van der Waals surface area contributed by atoms with Gasteiger partial charge < -0.3 is 4.74 Å². The van der Waals surface area contributed by atoms with E-state index in [-0.39, 0.29) is 5.54 Å². The zero-order chi connectivity index (χ0) is 13.8. The van der Waals surface area contributed by atoms with E-state index in [4.69, 9.17) is 4.74 Å². The molecule has 1 saturated carbocycles. The Hall–Kier alpha value is -0.860. The van der Waals surface area contributed by atoms with Crippen molar-refractivity contribution in [2.24, 2.45) is 0 Å². The van der Waals surface area contributed by atoms with Gasteiger partial charge in [0, 0.05) is 19.2 Å². The molecule has 1 aliphatic carbocycles. The van der Waals surface area contributed by atoms with E-state index >= 15 is 0 Å². The molecule has 20 heavy (non-hydrogen) atoms. The lowest BCUT2D eigenvalue weighted by atomic mass is 9.74. The lowest BCUT2D eigenvalue weighted by Crippen LogP contribution is -2.55. The summed E-state index contributed by atoms with van der Waals surface area (Å²) in [6.07, 6.45) is 10.8. The van der Waals surface area contributed by atoms with Gasteiger partial charge in [0.25, 0.3) is 0 Å². The van der Waals surface area contributed by atoms with Crippen molar-refractivity contribution in [3.63, 3.8) is 0 Å². The Morgan fingerprint density at radius 1 is 1.00 bits per heavy atom. The first-order valence-electron chi connectivity index (χ1n) is 8.22. The number of likely N-dealkylation sites (tertiary alicyclic amines) is 1. The van der Waals surface area contributed by atoms with Crippen molar-refractivity contribution in [2.45, 2.75) is 63.1 Å². The summed E-state index contributed by atoms with van der Waals surface area (Å²) in [5, 5.41) is 0. The van der Waals surface area contributed by atoms with Crippen molar-refractivity contribution in [3.05, 3.63) is 35.9 Å². The molecule has 1 aromatic carbocycles. The first kappa shape index (κ1) is 14.1. The van der Waals surface area contributed by atoms with E-state index in [2.05, 4.69) is 35.2 Å². The van der Waals surface area contributed by atoms with E-state index in [0.29, 0.717) is 6.23 Å². The zero-order valence-electron chi connectivity index (χ0n) is 12.7. The summed E-state index contributed by atoms with van der Waals surface area (Å²) in [6.45, 7) is 1.19. The van der Waals surface area contributed by atoms with Crippen LogP contribution >= 0.6 is 0 Å². The summed E-state index contributed by atoms with van der Waals surface area (Å²) in [6, 6.07) is 11.2. The molecule has 110 valence electrons. The molecule has 1 unspecified atom stereocenters. The van der Waals surface area contributed by atoms with Crippen molar-refractivity contribution in [2.75, 3.05) is 13.7 Å². The standard InChI is InChI=1S/C18H27NO/c1-20-17-12-6-9-15-19(17)18(13-7-3-8-14-18)16-10-4-2-5-11-16/h2,4-5,10-11,17H,3,6-9,12-15H2,1H3. The molecule has 1 aliphatic heterocycles. The van der Waals surface area contributed by atoms with Crippen LogP contribution in [0.15, 0.2) is 30.3 Å². The van der Waals surface area contributed by atoms with E-state index in [1.165, 1.54) is 63.5 Å². The number of nitrogens with zero attached hydrogens (tertiary/aromatic N) is 1. The molecule has 1 aromatic rings. The number of piperidine rings is 1. The van der Waals surface area contributed by atoms with Gasteiger partial charge in [-0.2, -0.15) is 0 Å². The third kappa shape index (κ3) is 2.51. The van der Waals surface area contributed by atoms with Gasteiger partial charge in [-0.25, -0.2) is 0 Å². The van der Waals surface area contributed by atoms with Crippen LogP contribution in [0.4, 0.5) is 0 Å². The van der Waals surface area contributed by atoms with Crippen molar-refractivity contribution in [1.29, 1.82) is 0 Å². The van der Waals surface area contributed by atoms with E-state index in [9.17, 15) is 0 Å². The fourth-order valence-electron chi connectivity index (χ4n) is 4.26. The van der Waals surface area contributed by atoms with E-state index < -0.39 is 0 Å². The Balaban J connectivity index is 1.96. The molecule has 3 rings (SSSR count). The first-order chi connectivity index (χ1) is 9.87. The van der Waals surface area contributed by atoms with Crippen molar-refractivity contribution >= 4 is 0 Å². The summed E-state index contributed by atoms with van der Waals surface area (Å²) in [4.78, 5) is 2.69. The van der Waals surface area contributed by atoms with Gasteiger partial charge in [0.2, 0.25) is 0 Å². The predicted octanol–water partition coefficient (Wildman–Crippen LogP) is 4.30. The molecule has 0 spiro atoms. The molecule has 2 heteroatoms. The maximum atomic E-state index is 5.83. The SMILES string of the molecule is COC1CCCCN1C1(c2ccccc2)CCCCC1. The van der Waals surface area contributed by atoms with Gasteiger partial charge in [-0.1, -0.05) is 49.6 Å². The smallest absolute Gasteiger partial charge is 0.110 e. The van der Waals surface area contributed by atoms with Crippen LogP contribution in [0.2, 0.25) is 0 Å². The molecule has 2 aliphatic rings. The van der Waals surface area contributed by atoms with Gasteiger partial charge in [0.1, 0.15) is 6.23 Å². The molecule has 2 nitrogen and oxygen atoms in total. The summed E-state index contributed by atoms with van der Waals surface area (Å²) in [5.41, 5.74) is 1.73. The molecule has 1 heterocycles. The Labute approximate surface area is 123 Å². The van der Waals surface area contributed by atoms with Crippen LogP contribution in [0.25, 0.3) is 0 Å². The zero-order valence-corrected chi connectivity index (χ0v) is 12.7. The fraction of sp³-hybridized carbons (Fsp3) is 0.667. The lowest BCUT2D eigenvalue weighted by molar-refractivity contribution is -0.126. The Bertz CT molecular complexity index is 411. The molecule has 1 saturated heterocycles. The third-order valence-corrected chi connectivity index (χ3v) is 5.26. The minimum Gasteiger partial charge on any atom is -0.366 e. The Kier molecular flexibility index (Phi) is 4.42. The van der Waals surface area contributed by atoms with E-state index in [1.807, 2.05) is 7.11 Å². The lowest BCUT2D eigenvalue weighted by Gasteiger charge is -2.51. The first-order valence-corrected chi connectivity index (χ1v) is 8.22. The average molecular weight is 273 g/mol. The second-order valence-electron chi connectivity index (χ2n) is 6.34. The number of rotatable bonds is 3. The van der Waals surface area contributed by atoms with Gasteiger partial charge in [0.05, 0.1) is 0 Å². The molecule has 0 amide bonds. The van der Waals surface area contributed by atoms with Crippen LogP contribution in [0, 0.1) is 0 Å². The summed E-state index contributed by atoms with van der Waals surface area (Å²) in [7, 11) is 1.88. The van der Waals surface area contributed by atoms with Crippen molar-refractivity contribution in [1.82, 2.24) is 4.90 Å². The fourth-order valence-corrected chi connectivity index (χ4v) is 4.26. The molecule has 0 radical (unpaired) electrons. The van der Waals surface area contributed by atoms with E-state index in [1.54, 1.807) is 0 Å². The minimum absolute atomic E-state index is 0.223. The monoisotopic (exact) mass is 273 g/mol. The topological polar surface area (TPSA) is 12.5 Å². The molecular formula is C18H27NO. The highest BCUT2D eigenvalue weighted by molar-refractivity contribution is 5.25. The number of hydrogen-bond acceptors (Lipinski definition) is 2. The summed E-state index contributed by atoms with van der Waals surface area (Å²) >= 11 is 0. The Morgan fingerprint density at radius 3 is 2.45 bits per heavy atom. The number of methoxy groups -OCH3 is 1. The van der Waals surface area contributed by atoms with Gasteiger partial charge in [-0.3, -0.25) is 4.90 Å². The third-order valence-electron chi connectivity index (χ3n) is 5.26. The average Bonchev–Trinajstić information content (AvgIpc) is 2.56. The highest BCUT2D eigenvalue weighted by Gasteiger charge is 2.43. The number of benzene rings is 1. The van der Waals surface area contributed by atoms with Gasteiger partial charge in [-0.05, 0) is 37.7 Å². The number of ether oxygens (including phenoxy) is 1. The van der Waals surface area contributed by atoms with Crippen LogP contribution in [0.1, 0.15) is 56.9 Å². The Morgan fingerprint density at radius 2 is 1.75 bits per heavy atom. The normalized spacial score (nSPS) is 27.4. The van der Waals surface area contributed by atoms with Crippen LogP contribution in [-0.4, -0.2) is 24.8 Å². The molecular weight excluding hydrogens is 246 g/mol. The van der Waals surface area contributed by atoms with Crippen LogP contribution in [0.3, 0.4) is 0 Å². The minimum atomic E-state index is 0.223. The summed E-state index contributed by atoms with van der Waals surface area (Å²) in [5.74, 6) is 0.